The summed E-state index contributed by atoms with van der Waals surface area (Å²) in [5.41, 5.74) is -0.112. The number of aryl methyl sites for hydroxylation is 1. The van der Waals surface area contributed by atoms with Crippen molar-refractivity contribution in [2.45, 2.75) is 51.4 Å². The van der Waals surface area contributed by atoms with Crippen molar-refractivity contribution in [1.82, 2.24) is 0 Å². The van der Waals surface area contributed by atoms with Gasteiger partial charge in [0, 0.05) is 6.42 Å². The topological polar surface area (TPSA) is 93.1 Å². The van der Waals surface area contributed by atoms with Crippen LogP contribution in [-0.2, 0) is 33.0 Å². The highest BCUT2D eigenvalue weighted by atomic mass is 16.6. The number of carboxylic acid groups (broad SMARTS) is 1. The van der Waals surface area contributed by atoms with E-state index in [0.717, 1.165) is 11.1 Å². The van der Waals surface area contributed by atoms with E-state index in [1.807, 2.05) is 45.0 Å². The lowest BCUT2D eigenvalue weighted by atomic mass is 9.86. The van der Waals surface area contributed by atoms with Gasteiger partial charge in [0.25, 0.3) is 0 Å². The van der Waals surface area contributed by atoms with Crippen molar-refractivity contribution in [3.63, 3.8) is 0 Å². The number of aliphatic carboxylic acids is 1. The maximum absolute atomic E-state index is 11.9. The molecule has 0 radical (unpaired) electrons. The first kappa shape index (κ1) is 25.0. The molecule has 0 aliphatic heterocycles. The van der Waals surface area contributed by atoms with E-state index in [-0.39, 0.29) is 17.1 Å². The van der Waals surface area contributed by atoms with E-state index < -0.39 is 17.2 Å². The zero-order valence-electron chi connectivity index (χ0n) is 19.7. The van der Waals surface area contributed by atoms with E-state index in [0.29, 0.717) is 25.2 Å². The fourth-order valence-corrected chi connectivity index (χ4v) is 3.49. The maximum atomic E-state index is 11.9. The molecule has 3 aromatic rings. The molecule has 0 aliphatic carbocycles. The number of ether oxygens (including phenoxy) is 2. The van der Waals surface area contributed by atoms with Gasteiger partial charge in [-0.15, -0.1) is 0 Å². The summed E-state index contributed by atoms with van der Waals surface area (Å²) in [6.45, 7) is 5.88. The summed E-state index contributed by atoms with van der Waals surface area (Å²) in [6, 6.07) is 22.5. The minimum absolute atomic E-state index is 0.217. The third-order valence-electron chi connectivity index (χ3n) is 5.24. The summed E-state index contributed by atoms with van der Waals surface area (Å²) in [4.78, 5) is 23.8. The summed E-state index contributed by atoms with van der Waals surface area (Å²) in [7, 11) is 0. The number of carbonyl (C=O) groups excluding carboxylic acids is 1. The monoisotopic (exact) mass is 462 g/mol. The lowest BCUT2D eigenvalue weighted by Gasteiger charge is -2.24. The molecule has 0 saturated carbocycles. The Labute approximate surface area is 199 Å². The second-order valence-corrected chi connectivity index (χ2v) is 9.10. The first-order valence-corrected chi connectivity index (χ1v) is 11.1. The maximum Gasteiger partial charge on any atom is 0.345 e. The number of benzene rings is 3. The third-order valence-corrected chi connectivity index (χ3v) is 5.24. The van der Waals surface area contributed by atoms with Gasteiger partial charge in [0.15, 0.2) is 0 Å². The normalized spacial score (nSPS) is 13.1. The SMILES string of the molecule is CC(C)(C)OC(=O)CCc1ccc(COc2ccc(C(O)(C(=O)O)c3ccccc3)cc2)cc1. The van der Waals surface area contributed by atoms with Crippen molar-refractivity contribution in [3.8, 4) is 5.75 Å². The lowest BCUT2D eigenvalue weighted by molar-refractivity contribution is -0.155. The van der Waals surface area contributed by atoms with Crippen molar-refractivity contribution in [2.75, 3.05) is 0 Å². The van der Waals surface area contributed by atoms with Crippen LogP contribution in [0.25, 0.3) is 0 Å². The standard InChI is InChI=1S/C28H30O6/c1-27(2,3)34-25(29)18-13-20-9-11-21(12-10-20)19-33-24-16-14-23(15-17-24)28(32,26(30)31)22-7-5-4-6-8-22/h4-12,14-17,32H,13,18-19H2,1-3H3,(H,30,31). The molecule has 178 valence electrons. The number of carboxylic acids is 1. The van der Waals surface area contributed by atoms with Crippen LogP contribution in [-0.4, -0.2) is 27.8 Å². The number of aliphatic hydroxyl groups is 1. The molecule has 6 heteroatoms. The van der Waals surface area contributed by atoms with Gasteiger partial charge in [-0.3, -0.25) is 4.79 Å². The first-order chi connectivity index (χ1) is 16.1. The average Bonchev–Trinajstić information content (AvgIpc) is 2.81. The molecule has 0 fully saturated rings. The van der Waals surface area contributed by atoms with Gasteiger partial charge in [-0.25, -0.2) is 4.79 Å². The Bertz CT molecular complexity index is 1100. The Kier molecular flexibility index (Phi) is 7.74. The van der Waals surface area contributed by atoms with Gasteiger partial charge in [0.05, 0.1) is 0 Å². The number of carbonyl (C=O) groups is 2. The van der Waals surface area contributed by atoms with Gasteiger partial charge in [0.2, 0.25) is 5.60 Å². The molecule has 0 saturated heterocycles. The number of esters is 1. The van der Waals surface area contributed by atoms with Crippen LogP contribution >= 0.6 is 0 Å². The van der Waals surface area contributed by atoms with E-state index in [4.69, 9.17) is 9.47 Å². The molecule has 3 aromatic carbocycles. The van der Waals surface area contributed by atoms with E-state index in [1.54, 1.807) is 54.6 Å². The van der Waals surface area contributed by atoms with E-state index in [1.165, 1.54) is 0 Å². The summed E-state index contributed by atoms with van der Waals surface area (Å²) < 4.78 is 11.1. The highest BCUT2D eigenvalue weighted by Crippen LogP contribution is 2.31. The Morgan fingerprint density at radius 2 is 1.35 bits per heavy atom. The van der Waals surface area contributed by atoms with Gasteiger partial charge >= 0.3 is 11.9 Å². The smallest absolute Gasteiger partial charge is 0.345 e. The first-order valence-electron chi connectivity index (χ1n) is 11.1. The van der Waals surface area contributed by atoms with Crippen molar-refractivity contribution >= 4 is 11.9 Å². The van der Waals surface area contributed by atoms with E-state index in [2.05, 4.69) is 0 Å². The van der Waals surface area contributed by atoms with Crippen molar-refractivity contribution < 1.29 is 29.3 Å². The van der Waals surface area contributed by atoms with Crippen LogP contribution < -0.4 is 4.74 Å². The van der Waals surface area contributed by atoms with Crippen LogP contribution in [0.15, 0.2) is 78.9 Å². The zero-order chi connectivity index (χ0) is 24.8. The van der Waals surface area contributed by atoms with Gasteiger partial charge < -0.3 is 19.7 Å². The summed E-state index contributed by atoms with van der Waals surface area (Å²) >= 11 is 0. The number of hydrogen-bond acceptors (Lipinski definition) is 5. The van der Waals surface area contributed by atoms with Crippen LogP contribution in [0, 0.1) is 0 Å². The number of rotatable bonds is 9. The molecule has 0 aliphatic rings. The van der Waals surface area contributed by atoms with Crippen LogP contribution in [0.5, 0.6) is 5.75 Å². The fraction of sp³-hybridized carbons (Fsp3) is 0.286. The molecular formula is C28H30O6. The molecule has 1 atom stereocenters. The van der Waals surface area contributed by atoms with Gasteiger partial charge in [-0.05, 0) is 61.6 Å². The summed E-state index contributed by atoms with van der Waals surface area (Å²) in [5.74, 6) is -1.01. The van der Waals surface area contributed by atoms with Gasteiger partial charge in [-0.1, -0.05) is 66.7 Å². The third kappa shape index (κ3) is 6.45. The zero-order valence-corrected chi connectivity index (χ0v) is 19.7. The molecule has 0 aromatic heterocycles. The highest BCUT2D eigenvalue weighted by molar-refractivity contribution is 5.83. The van der Waals surface area contributed by atoms with Crippen molar-refractivity contribution in [2.24, 2.45) is 0 Å². The fourth-order valence-electron chi connectivity index (χ4n) is 3.49. The van der Waals surface area contributed by atoms with Gasteiger partial charge in [-0.2, -0.15) is 0 Å². The predicted octanol–water partition coefficient (Wildman–Crippen LogP) is 4.86. The average molecular weight is 463 g/mol. The second kappa shape index (κ2) is 10.5. The molecule has 3 rings (SSSR count). The lowest BCUT2D eigenvalue weighted by Crippen LogP contribution is -2.36. The van der Waals surface area contributed by atoms with Crippen molar-refractivity contribution in [3.05, 3.63) is 101 Å². The van der Waals surface area contributed by atoms with E-state index >= 15 is 0 Å². The molecule has 0 amide bonds. The minimum Gasteiger partial charge on any atom is -0.489 e. The molecular weight excluding hydrogens is 432 g/mol. The molecule has 1 unspecified atom stereocenters. The molecule has 6 nitrogen and oxygen atoms in total. The Hall–Kier alpha value is -3.64. The highest BCUT2D eigenvalue weighted by Gasteiger charge is 2.40. The second-order valence-electron chi connectivity index (χ2n) is 9.10. The van der Waals surface area contributed by atoms with Crippen molar-refractivity contribution in [1.29, 1.82) is 0 Å². The molecule has 0 bridgehead atoms. The Morgan fingerprint density at radius 3 is 1.91 bits per heavy atom. The molecule has 34 heavy (non-hydrogen) atoms. The van der Waals surface area contributed by atoms with Gasteiger partial charge in [0.1, 0.15) is 18.0 Å². The predicted molar refractivity (Wildman–Crippen MR) is 128 cm³/mol. The molecule has 0 spiro atoms. The van der Waals surface area contributed by atoms with E-state index in [9.17, 15) is 19.8 Å². The Morgan fingerprint density at radius 1 is 0.794 bits per heavy atom. The van der Waals surface area contributed by atoms with Crippen LogP contribution in [0.2, 0.25) is 0 Å². The molecule has 0 heterocycles. The quantitative estimate of drug-likeness (QED) is 0.441. The summed E-state index contributed by atoms with van der Waals surface area (Å²) in [5, 5.41) is 20.6. The van der Waals surface area contributed by atoms with Crippen LogP contribution in [0.4, 0.5) is 0 Å². The number of hydrogen-bond donors (Lipinski definition) is 2. The van der Waals surface area contributed by atoms with Crippen LogP contribution in [0.3, 0.4) is 0 Å². The summed E-state index contributed by atoms with van der Waals surface area (Å²) in [6.07, 6.45) is 0.927. The Balaban J connectivity index is 1.58. The minimum atomic E-state index is -2.14. The largest absolute Gasteiger partial charge is 0.489 e. The molecule has 2 N–H and O–H groups in total. The van der Waals surface area contributed by atoms with Crippen LogP contribution in [0.1, 0.15) is 49.4 Å².